The van der Waals surface area contributed by atoms with Gasteiger partial charge in [-0.3, -0.25) is 4.90 Å². The quantitative estimate of drug-likeness (QED) is 0.381. The van der Waals surface area contributed by atoms with E-state index in [1.54, 1.807) is 0 Å². The van der Waals surface area contributed by atoms with E-state index in [2.05, 4.69) is 18.5 Å². The summed E-state index contributed by atoms with van der Waals surface area (Å²) in [4.78, 5) is 17.1. The molecule has 1 aliphatic heterocycles. The molecule has 11 nitrogen and oxygen atoms in total. The molecule has 0 aliphatic carbocycles. The third-order valence-corrected chi connectivity index (χ3v) is 4.00. The first kappa shape index (κ1) is 17.7. The van der Waals surface area contributed by atoms with Crippen molar-refractivity contribution >= 4 is 16.7 Å². The number of hydrogen-bond donors (Lipinski definition) is 1. The highest BCUT2D eigenvalue weighted by Crippen LogP contribution is 2.18. The number of nitro groups is 1. The molecule has 1 aliphatic rings. The Bertz CT molecular complexity index is 608. The molecule has 130 valence electrons. The summed E-state index contributed by atoms with van der Waals surface area (Å²) >= 11 is 0. The number of rotatable bonds is 8. The van der Waals surface area contributed by atoms with E-state index in [9.17, 15) is 14.3 Å². The topological polar surface area (TPSA) is 138 Å². The van der Waals surface area contributed by atoms with Crippen LogP contribution >= 0.6 is 0 Å². The van der Waals surface area contributed by atoms with Crippen molar-refractivity contribution in [1.82, 2.24) is 14.5 Å². The molecule has 1 saturated heterocycles. The van der Waals surface area contributed by atoms with Gasteiger partial charge >= 0.3 is 5.82 Å². The lowest BCUT2D eigenvalue weighted by atomic mass is 10.3. The molecule has 0 aromatic carbocycles. The summed E-state index contributed by atoms with van der Waals surface area (Å²) in [5.41, 5.74) is 0.301. The van der Waals surface area contributed by atoms with Crippen molar-refractivity contribution in [3.05, 3.63) is 22.1 Å². The molecule has 0 amide bonds. The van der Waals surface area contributed by atoms with Crippen molar-refractivity contribution in [1.29, 1.82) is 0 Å². The van der Waals surface area contributed by atoms with Crippen LogP contribution in [0.3, 0.4) is 0 Å². The Kier molecular flexibility index (Phi) is 6.85. The minimum Gasteiger partial charge on any atom is -0.416 e. The molecule has 0 spiro atoms. The van der Waals surface area contributed by atoms with Crippen molar-refractivity contribution < 1.29 is 18.2 Å². The van der Waals surface area contributed by atoms with Gasteiger partial charge in [0.1, 0.15) is 12.2 Å². The van der Waals surface area contributed by atoms with Gasteiger partial charge in [0.2, 0.25) is 0 Å². The molecule has 0 unspecified atom stereocenters. The maximum Gasteiger partial charge on any atom is 0.345 e. The molecular formula is C11H19N6O5S-. The van der Waals surface area contributed by atoms with Gasteiger partial charge in [-0.05, 0) is 15.8 Å². The second-order valence-electron chi connectivity index (χ2n) is 4.84. The van der Waals surface area contributed by atoms with E-state index < -0.39 is 15.8 Å². The first-order valence-electron chi connectivity index (χ1n) is 7.07. The second kappa shape index (κ2) is 8.88. The normalized spacial score (nSPS) is 17.4. The average Bonchev–Trinajstić information content (AvgIpc) is 2.97. The SMILES string of the molecule is NO[S-](=O)=NCCc1ncn(CCN2CCOCC2)c1[N+](=O)[O-]. The monoisotopic (exact) mass is 347 g/mol. The van der Waals surface area contributed by atoms with Crippen LogP contribution in [0.15, 0.2) is 10.7 Å². The van der Waals surface area contributed by atoms with Gasteiger partial charge in [-0.15, -0.1) is 0 Å². The zero-order chi connectivity index (χ0) is 16.7. The van der Waals surface area contributed by atoms with Gasteiger partial charge in [0.25, 0.3) is 0 Å². The fourth-order valence-corrected chi connectivity index (χ4v) is 2.60. The van der Waals surface area contributed by atoms with Gasteiger partial charge < -0.3 is 27.7 Å². The highest BCUT2D eigenvalue weighted by atomic mass is 32.2. The van der Waals surface area contributed by atoms with Crippen LogP contribution in [0.4, 0.5) is 5.82 Å². The van der Waals surface area contributed by atoms with Crippen LogP contribution in [0.25, 0.3) is 0 Å². The van der Waals surface area contributed by atoms with Gasteiger partial charge in [-0.2, -0.15) is 0 Å². The van der Waals surface area contributed by atoms with Gasteiger partial charge in [-0.25, -0.2) is 15.4 Å². The lowest BCUT2D eigenvalue weighted by Crippen LogP contribution is -2.38. The molecule has 2 rings (SSSR count). The third kappa shape index (κ3) is 5.21. The summed E-state index contributed by atoms with van der Waals surface area (Å²) in [6.07, 6.45) is 1.64. The van der Waals surface area contributed by atoms with Crippen molar-refractivity contribution in [2.75, 3.05) is 39.4 Å². The van der Waals surface area contributed by atoms with Crippen molar-refractivity contribution in [2.24, 2.45) is 10.3 Å². The first-order chi connectivity index (χ1) is 11.1. The predicted molar refractivity (Wildman–Crippen MR) is 80.5 cm³/mol. The van der Waals surface area contributed by atoms with Crippen LogP contribution < -0.4 is 5.90 Å². The molecule has 0 radical (unpaired) electrons. The van der Waals surface area contributed by atoms with E-state index in [0.717, 1.165) is 13.1 Å². The van der Waals surface area contributed by atoms with Gasteiger partial charge in [-0.1, -0.05) is 0 Å². The summed E-state index contributed by atoms with van der Waals surface area (Å²) in [6.45, 7) is 4.23. The fourth-order valence-electron chi connectivity index (χ4n) is 2.30. The maximum absolute atomic E-state index is 11.3. The molecule has 23 heavy (non-hydrogen) atoms. The molecule has 2 N–H and O–H groups in total. The Hall–Kier alpha value is -1.60. The van der Waals surface area contributed by atoms with Crippen LogP contribution in [0.1, 0.15) is 5.69 Å². The molecule has 0 atom stereocenters. The number of nitrogens with two attached hydrogens (primary N) is 1. The zero-order valence-electron chi connectivity index (χ0n) is 12.5. The Morgan fingerprint density at radius 1 is 1.48 bits per heavy atom. The van der Waals surface area contributed by atoms with E-state index in [4.69, 9.17) is 10.6 Å². The summed E-state index contributed by atoms with van der Waals surface area (Å²) in [5, 5.41) is 11.3. The molecular weight excluding hydrogens is 328 g/mol. The minimum absolute atomic E-state index is 0.0621. The lowest BCUT2D eigenvalue weighted by Gasteiger charge is -2.25. The fraction of sp³-hybridized carbons (Fsp3) is 0.727. The van der Waals surface area contributed by atoms with Crippen molar-refractivity contribution in [3.8, 4) is 0 Å². The van der Waals surface area contributed by atoms with E-state index >= 15 is 0 Å². The van der Waals surface area contributed by atoms with Crippen molar-refractivity contribution in [2.45, 2.75) is 13.0 Å². The summed E-state index contributed by atoms with van der Waals surface area (Å²) in [5.74, 6) is 4.65. The minimum atomic E-state index is -1.94. The van der Waals surface area contributed by atoms with E-state index in [0.29, 0.717) is 32.0 Å². The highest BCUT2D eigenvalue weighted by molar-refractivity contribution is 7.69. The van der Waals surface area contributed by atoms with E-state index in [1.807, 2.05) is 0 Å². The van der Waals surface area contributed by atoms with Crippen LogP contribution in [-0.4, -0.2) is 58.8 Å². The third-order valence-electron chi connectivity index (χ3n) is 3.44. The summed E-state index contributed by atoms with van der Waals surface area (Å²) in [6, 6.07) is 0. The van der Waals surface area contributed by atoms with Crippen LogP contribution in [0.5, 0.6) is 0 Å². The number of hydrogen-bond acceptors (Lipinski definition) is 10. The largest absolute Gasteiger partial charge is 0.416 e. The maximum atomic E-state index is 11.3. The number of nitrogens with zero attached hydrogens (tertiary/aromatic N) is 5. The summed E-state index contributed by atoms with van der Waals surface area (Å²) < 4.78 is 25.3. The lowest BCUT2D eigenvalue weighted by molar-refractivity contribution is -0.392. The van der Waals surface area contributed by atoms with Crippen LogP contribution in [0, 0.1) is 10.1 Å². The zero-order valence-corrected chi connectivity index (χ0v) is 13.3. The van der Waals surface area contributed by atoms with Gasteiger partial charge in [0.05, 0.1) is 13.2 Å². The summed E-state index contributed by atoms with van der Waals surface area (Å²) in [7, 11) is -1.94. The predicted octanol–water partition coefficient (Wildman–Crippen LogP) is -0.381. The van der Waals surface area contributed by atoms with E-state index in [1.165, 1.54) is 10.9 Å². The second-order valence-corrected chi connectivity index (χ2v) is 5.72. The molecule has 12 heteroatoms. The number of aromatic nitrogens is 2. The Morgan fingerprint density at radius 3 is 2.87 bits per heavy atom. The molecule has 0 bridgehead atoms. The van der Waals surface area contributed by atoms with Crippen LogP contribution in [-0.2, 0) is 37.1 Å². The molecule has 1 aromatic rings. The average molecular weight is 347 g/mol. The van der Waals surface area contributed by atoms with Gasteiger partial charge in [0, 0.05) is 32.6 Å². The highest BCUT2D eigenvalue weighted by Gasteiger charge is 2.22. The Labute approximate surface area is 134 Å². The van der Waals surface area contributed by atoms with Crippen LogP contribution in [0.2, 0.25) is 0 Å². The molecule has 0 saturated carbocycles. The molecule has 2 heterocycles. The Morgan fingerprint density at radius 2 is 2.22 bits per heavy atom. The molecule has 1 aromatic heterocycles. The Balaban J connectivity index is 1.99. The van der Waals surface area contributed by atoms with E-state index in [-0.39, 0.29) is 18.8 Å². The number of imidazole rings is 1. The molecule has 1 fully saturated rings. The van der Waals surface area contributed by atoms with Gasteiger partial charge in [0.15, 0.2) is 6.33 Å². The first-order valence-corrected chi connectivity index (χ1v) is 8.10. The number of ether oxygens (including phenoxy) is 1. The smallest absolute Gasteiger partial charge is 0.345 e. The number of morpholine rings is 1. The van der Waals surface area contributed by atoms with Crippen molar-refractivity contribution in [3.63, 3.8) is 0 Å². The standard InChI is InChI=1S/C11H19N6O5S/c12-22-23(20)14-2-1-10-11(17(18)19)16(9-13-10)4-3-15-5-7-21-8-6-15/h9H,1-8,12H2/q-1.